The summed E-state index contributed by atoms with van der Waals surface area (Å²) in [5.41, 5.74) is 34.0. The van der Waals surface area contributed by atoms with Crippen LogP contribution < -0.4 is 48.1 Å². The van der Waals surface area contributed by atoms with Crippen molar-refractivity contribution in [2.75, 3.05) is 0 Å². The number of hydrogen-bond donors (Lipinski definition) is 16. The standard InChI is InChI=1S/C45H26N4O12S4.C34H40N4O6.C34H36N4O3/c50-58-60-62-29-9-1-25(2-10-29)41-33-17-18-34-42(26-3-11-30(12-4-26)63-61-59-51)36-20-22-38-44(28-7-15-32(16-8-28)65(55,56)57)40-24-23-39-43(27-5-13-31(14-6-27)64(52,53)54)37-21-19-35(41)47(37)45(46(33)34,48(36)38)49(39)40;1-15-21(7-9-31(41)42)27-14-28-22(8-10-32(43)44)16(2)24(36-28)12-29-34(20(6)40)18(4)26(38-29)13-30-33(19(5)39)17(3)25(37-30)11-23(15)35-27;1-7-21-16(3)25-12-27-18(5)23(10-9-20(40)15-39)33(37-27)24-11-31(41)32-19(6)28(38-34(24)32)14-30-22(8-2)17(4)26(36-30)13-29(21)35-25/h1-24H,(H2-2,50,51,52,53,54,55,56,57);11-14,19-20,35-40H,7-10H2,1-6H3,(H,41,42)(H,43,44);7,12-15,18,23,35-38H,1,8-11H2,2-6H3/p+2/t;;18-,23?/m..0/s1. The van der Waals surface area contributed by atoms with Crippen LogP contribution in [0.2, 0.25) is 0 Å². The minimum absolute atomic E-state index is 0.0364. The molecule has 1 spiro atoms. The Morgan fingerprint density at radius 2 is 0.960 bits per heavy atom. The first-order chi connectivity index (χ1) is 71.8. The highest BCUT2D eigenvalue weighted by Gasteiger charge is 2.73. The van der Waals surface area contributed by atoms with E-state index < -0.39 is 56.1 Å². The van der Waals surface area contributed by atoms with E-state index in [4.69, 9.17) is 19.2 Å². The molecule has 1 fully saturated rings. The fourth-order valence-electron chi connectivity index (χ4n) is 23.4. The van der Waals surface area contributed by atoms with Gasteiger partial charge in [-0.2, -0.15) is 26.0 Å². The first-order valence-corrected chi connectivity index (χ1v) is 53.1. The highest BCUT2D eigenvalue weighted by Crippen LogP contribution is 2.55. The lowest BCUT2D eigenvalue weighted by Gasteiger charge is -2.41. The van der Waals surface area contributed by atoms with Crippen molar-refractivity contribution in [1.82, 2.24) is 49.3 Å². The average Bonchev–Trinajstić information content (AvgIpc) is 1.45. The molecule has 0 saturated carbocycles. The molecule has 3 unspecified atom stereocenters. The van der Waals surface area contributed by atoms with Crippen molar-refractivity contribution in [2.24, 2.45) is 11.8 Å². The van der Waals surface area contributed by atoms with Crippen molar-refractivity contribution in [1.29, 1.82) is 0 Å². The molecule has 4 atom stereocenters. The number of carboxylic acids is 2. The Morgan fingerprint density at radius 3 is 1.48 bits per heavy atom. The topological polar surface area (TPSA) is 491 Å². The number of aromatic amines is 7. The maximum Gasteiger partial charge on any atom is 0.553 e. The molecule has 0 radical (unpaired) electrons. The molecule has 10 aliphatic rings. The van der Waals surface area contributed by atoms with Gasteiger partial charge < -0.3 is 60.6 Å². The van der Waals surface area contributed by atoms with Crippen molar-refractivity contribution < 1.29 is 109 Å². The number of aliphatic hydroxyl groups is 2. The second-order valence-corrected chi connectivity index (χ2v) is 43.1. The smallest absolute Gasteiger partial charge is 0.481 e. The van der Waals surface area contributed by atoms with Crippen LogP contribution in [0, 0.1) is 60.3 Å². The number of Topliss-reactive ketones (excluding diaryl/α,β-unsaturated/α-hetero) is 2. The lowest BCUT2D eigenvalue weighted by atomic mass is 9.86. The van der Waals surface area contributed by atoms with Crippen LogP contribution in [0.5, 0.6) is 0 Å². The van der Waals surface area contributed by atoms with Crippen LogP contribution in [0.3, 0.4) is 0 Å². The minimum atomic E-state index is -4.50. The molecule has 9 aliphatic heterocycles. The fraction of sp³-hybridized carbons (Fsp3) is 0.212. The van der Waals surface area contributed by atoms with Gasteiger partial charge in [-0.25, -0.2) is 10.5 Å². The van der Waals surface area contributed by atoms with Gasteiger partial charge in [0, 0.05) is 183 Å². The van der Waals surface area contributed by atoms with Gasteiger partial charge in [-0.05, 0) is 281 Å². The van der Waals surface area contributed by atoms with Gasteiger partial charge in [0.05, 0.1) is 96.2 Å². The van der Waals surface area contributed by atoms with Gasteiger partial charge in [0.15, 0.2) is 17.9 Å². The molecule has 33 nitrogen and oxygen atoms in total. The summed E-state index contributed by atoms with van der Waals surface area (Å²) in [6.07, 6.45) is 25.6. The van der Waals surface area contributed by atoms with E-state index in [0.717, 1.165) is 265 Å². The molecule has 16 N–H and O–H groups in total. The molecule has 23 rings (SSSR count). The number of nitrogens with one attached hydrogen (secondary N) is 8. The largest absolute Gasteiger partial charge is 0.553 e. The van der Waals surface area contributed by atoms with Crippen LogP contribution >= 0.6 is 24.1 Å². The molecule has 13 aromatic rings. The van der Waals surface area contributed by atoms with Crippen LogP contribution in [-0.2, 0) is 83.3 Å². The van der Waals surface area contributed by atoms with Crippen molar-refractivity contribution in [3.63, 3.8) is 0 Å². The number of carboxylic acid groups (broad SMARTS) is 2. The highest BCUT2D eigenvalue weighted by atomic mass is 32.2. The lowest BCUT2D eigenvalue weighted by molar-refractivity contribution is -0.834. The number of hydrogen-bond acceptors (Lipinski definition) is 20. The summed E-state index contributed by atoms with van der Waals surface area (Å²) in [4.78, 5) is 85.3. The number of fused-ring (bicyclic) bond motifs is 15. The van der Waals surface area contributed by atoms with Crippen LogP contribution in [0.25, 0.3) is 76.5 Å². The number of aromatic nitrogens is 9. The SMILES string of the molecule is C=Cc1c2[nH]c(c1C)C=C1NC(=C3CC(=O)c4c3[nH]c(c4C)C=c3[nH]c(c(C)c3CC)=C2)C(CCC(=O)C=O)[C@@H]1C.Cc1c2[nH]c(c1CCC(=O)O)C=c1[nH]c(c(C)c1CCC(=O)O)=Cc1[nH]c(c(C(C)O)c1C)C=c1[nH]c(c(C(C)O)c1C)=C2.O=S(=O)(O)c1ccc(C2=C3C=CC4=[N+]3C35n6c2ccc6C(c2ccc(S(=O)(=O)O)cc2)=C2C=CC(=[N+]23)C(c2ccc(SOOO)cc2)=c2ccc(n25)=C4c2ccc(SOOO)cc2)cc1. The molecule has 18 heterocycles. The molecular formula is C113H104N12O21S4+2. The average molecular weight is 2090 g/mol. The third kappa shape index (κ3) is 16.9. The van der Waals surface area contributed by atoms with E-state index in [0.29, 0.717) is 58.2 Å². The Hall–Kier alpha value is -15.2. The molecule has 764 valence electrons. The minimum Gasteiger partial charge on any atom is -0.481 e. The van der Waals surface area contributed by atoms with Gasteiger partial charge in [0.25, 0.3) is 20.2 Å². The van der Waals surface area contributed by atoms with E-state index in [2.05, 4.69) is 158 Å². The summed E-state index contributed by atoms with van der Waals surface area (Å²) in [6, 6.07) is 35.7. The molecule has 150 heavy (non-hydrogen) atoms. The third-order valence-corrected chi connectivity index (χ3v) is 33.4. The Bertz CT molecular complexity index is 8970. The summed E-state index contributed by atoms with van der Waals surface area (Å²) in [5, 5.41) is 76.4. The van der Waals surface area contributed by atoms with Crippen LogP contribution in [0.1, 0.15) is 234 Å². The number of carbonyl (C=O) groups is 5. The zero-order valence-electron chi connectivity index (χ0n) is 83.0. The second-order valence-electron chi connectivity index (χ2n) is 38.7. The maximum absolute atomic E-state index is 13.4. The van der Waals surface area contributed by atoms with Gasteiger partial charge in [0.1, 0.15) is 0 Å². The fourth-order valence-corrected chi connectivity index (χ4v) is 25.1. The van der Waals surface area contributed by atoms with Crippen molar-refractivity contribution >= 4 is 162 Å². The number of carbonyl (C=O) groups excluding carboxylic acids is 3. The Labute approximate surface area is 866 Å². The molecule has 16 bridgehead atoms. The van der Waals surface area contributed by atoms with E-state index in [-0.39, 0.29) is 46.7 Å². The molecule has 1 saturated heterocycles. The normalized spacial score (nSPS) is 16.7. The predicted molar refractivity (Wildman–Crippen MR) is 565 cm³/mol. The van der Waals surface area contributed by atoms with Gasteiger partial charge in [-0.3, -0.25) is 33.1 Å². The van der Waals surface area contributed by atoms with Crippen molar-refractivity contribution in [2.45, 2.75) is 165 Å². The number of ketones is 2. The molecule has 37 heteroatoms. The second kappa shape index (κ2) is 38.8. The maximum atomic E-state index is 13.4. The Morgan fingerprint density at radius 1 is 0.507 bits per heavy atom. The summed E-state index contributed by atoms with van der Waals surface area (Å²) < 4.78 is 87.4. The summed E-state index contributed by atoms with van der Waals surface area (Å²) >= 11 is 1.69. The van der Waals surface area contributed by atoms with E-state index in [1.807, 2.05) is 126 Å². The quantitative estimate of drug-likeness (QED) is 0.00455. The molecular weight excluding hydrogens is 1990 g/mol. The number of aliphatic carboxylic acids is 2. The Kier molecular flexibility index (Phi) is 26.0. The first-order valence-electron chi connectivity index (χ1n) is 48.7. The molecule has 1 aliphatic carbocycles. The third-order valence-electron chi connectivity index (χ3n) is 30.4. The zero-order chi connectivity index (χ0) is 106. The van der Waals surface area contributed by atoms with Crippen LogP contribution in [-0.4, -0.2) is 151 Å². The van der Waals surface area contributed by atoms with Gasteiger partial charge in [-0.1, -0.05) is 94.3 Å². The number of benzene rings is 4. The summed E-state index contributed by atoms with van der Waals surface area (Å²) in [6.45, 7) is 25.9. The number of nitrogens with zero attached hydrogens (tertiary/aromatic N) is 4. The predicted octanol–water partition coefficient (Wildman–Crippen LogP) is 12.3. The van der Waals surface area contributed by atoms with Gasteiger partial charge in [0.2, 0.25) is 22.8 Å². The Balaban J connectivity index is 0.000000137. The van der Waals surface area contributed by atoms with Crippen LogP contribution in [0.15, 0.2) is 195 Å². The number of allylic oxidation sites excluding steroid dienone is 7. The lowest BCUT2D eigenvalue weighted by Crippen LogP contribution is -2.71. The number of aldehydes is 1. The number of rotatable bonds is 26. The molecule has 4 aromatic carbocycles. The number of aliphatic hydroxyl groups excluding tert-OH is 2. The van der Waals surface area contributed by atoms with E-state index in [9.17, 15) is 70.3 Å². The van der Waals surface area contributed by atoms with Crippen molar-refractivity contribution in [3.8, 4) is 0 Å². The monoisotopic (exact) mass is 2090 g/mol. The zero-order valence-corrected chi connectivity index (χ0v) is 86.3. The highest BCUT2D eigenvalue weighted by molar-refractivity contribution is 7.94. The van der Waals surface area contributed by atoms with Gasteiger partial charge >= 0.3 is 17.8 Å². The first kappa shape index (κ1) is 101. The van der Waals surface area contributed by atoms with E-state index >= 15 is 0 Å². The molecule has 0 amide bonds. The summed E-state index contributed by atoms with van der Waals surface area (Å²) in [7, 11) is -8.99. The van der Waals surface area contributed by atoms with E-state index in [1.54, 1.807) is 38.1 Å². The van der Waals surface area contributed by atoms with E-state index in [1.165, 1.54) is 35.4 Å². The van der Waals surface area contributed by atoms with Gasteiger partial charge in [-0.15, -0.1) is 8.67 Å². The van der Waals surface area contributed by atoms with Crippen LogP contribution in [0.4, 0.5) is 0 Å². The summed E-state index contributed by atoms with van der Waals surface area (Å²) in [5.74, 6) is -3.30. The molecule has 9 aromatic heterocycles. The number of H-pyrrole nitrogens is 7. The van der Waals surface area contributed by atoms with Crippen molar-refractivity contribution in [3.05, 3.63) is 375 Å².